The van der Waals surface area contributed by atoms with Crippen LogP contribution in [0.5, 0.6) is 5.75 Å². The van der Waals surface area contributed by atoms with Crippen molar-refractivity contribution in [1.29, 1.82) is 0 Å². The molecule has 1 aromatic heterocycles. The lowest BCUT2D eigenvalue weighted by Gasteiger charge is -2.38. The van der Waals surface area contributed by atoms with Gasteiger partial charge in [-0.3, -0.25) is 0 Å². The first-order valence-electron chi connectivity index (χ1n) is 10.8. The second-order valence-corrected chi connectivity index (χ2v) is 8.36. The predicted octanol–water partition coefficient (Wildman–Crippen LogP) is 1.97. The first kappa shape index (κ1) is 21.2. The van der Waals surface area contributed by atoms with Crippen LogP contribution in [-0.4, -0.2) is 53.5 Å². The van der Waals surface area contributed by atoms with Gasteiger partial charge in [0.05, 0.1) is 45.5 Å². The average molecular weight is 426 g/mol. The van der Waals surface area contributed by atoms with Crippen molar-refractivity contribution in [1.82, 2.24) is 20.2 Å². The van der Waals surface area contributed by atoms with E-state index in [0.717, 1.165) is 49.0 Å². The van der Waals surface area contributed by atoms with E-state index in [9.17, 15) is 4.39 Å². The van der Waals surface area contributed by atoms with Crippen LogP contribution in [0, 0.1) is 11.7 Å². The summed E-state index contributed by atoms with van der Waals surface area (Å²) < 4.78 is 20.7. The summed E-state index contributed by atoms with van der Waals surface area (Å²) in [5, 5.41) is 12.6. The summed E-state index contributed by atoms with van der Waals surface area (Å²) in [5.74, 6) is 1.94. The van der Waals surface area contributed by atoms with Crippen LogP contribution in [0.1, 0.15) is 31.3 Å². The van der Waals surface area contributed by atoms with Crippen molar-refractivity contribution in [3.05, 3.63) is 65.7 Å². The van der Waals surface area contributed by atoms with Crippen LogP contribution in [0.25, 0.3) is 0 Å². The van der Waals surface area contributed by atoms with Gasteiger partial charge >= 0.3 is 0 Å². The standard InChI is InChI=1S/C23H29FN6O/c1-17(2)22(23-25-26-27-30(23)16-18-8-10-19(24)11-9-18)29-14-12-28(13-15-29)20-6-4-5-7-21(20)31-3/h4-11,17,22H,12-16H2,1-3H3/p+1/t22-/m1/s1. The number of nitrogens with one attached hydrogen (secondary N) is 1. The molecule has 7 nitrogen and oxygen atoms in total. The summed E-state index contributed by atoms with van der Waals surface area (Å²) in [6, 6.07) is 14.9. The highest BCUT2D eigenvalue weighted by Gasteiger charge is 2.35. The summed E-state index contributed by atoms with van der Waals surface area (Å²) in [6.07, 6.45) is 0. The molecule has 164 valence electrons. The van der Waals surface area contributed by atoms with Crippen molar-refractivity contribution in [2.45, 2.75) is 26.4 Å². The molecule has 2 aromatic carbocycles. The van der Waals surface area contributed by atoms with Gasteiger partial charge in [-0.05, 0) is 40.3 Å². The Labute approximate surface area is 182 Å². The SMILES string of the molecule is COc1ccccc1N1CC[NH+]([C@@H](c2nnnn2Cc2ccc(F)cc2)C(C)C)CC1. The van der Waals surface area contributed by atoms with Crippen molar-refractivity contribution in [3.63, 3.8) is 0 Å². The Hall–Kier alpha value is -3.00. The van der Waals surface area contributed by atoms with E-state index in [1.807, 2.05) is 16.8 Å². The van der Waals surface area contributed by atoms with Crippen LogP contribution in [-0.2, 0) is 6.54 Å². The normalized spacial score (nSPS) is 16.0. The van der Waals surface area contributed by atoms with Crippen molar-refractivity contribution in [3.8, 4) is 5.75 Å². The van der Waals surface area contributed by atoms with Gasteiger partial charge in [0.1, 0.15) is 11.6 Å². The van der Waals surface area contributed by atoms with E-state index >= 15 is 0 Å². The zero-order chi connectivity index (χ0) is 21.8. The number of hydrogen-bond donors (Lipinski definition) is 1. The van der Waals surface area contributed by atoms with E-state index in [-0.39, 0.29) is 11.9 Å². The maximum absolute atomic E-state index is 13.3. The molecule has 1 fully saturated rings. The van der Waals surface area contributed by atoms with Gasteiger partial charge in [-0.1, -0.05) is 38.1 Å². The van der Waals surface area contributed by atoms with Crippen LogP contribution in [0.4, 0.5) is 10.1 Å². The van der Waals surface area contributed by atoms with Gasteiger partial charge in [-0.15, -0.1) is 5.10 Å². The van der Waals surface area contributed by atoms with E-state index in [4.69, 9.17) is 4.74 Å². The zero-order valence-electron chi connectivity index (χ0n) is 18.3. The smallest absolute Gasteiger partial charge is 0.209 e. The number of methoxy groups -OCH3 is 1. The van der Waals surface area contributed by atoms with Gasteiger partial charge in [0.25, 0.3) is 0 Å². The first-order chi connectivity index (χ1) is 15.1. The molecule has 8 heteroatoms. The Morgan fingerprint density at radius 3 is 2.45 bits per heavy atom. The molecule has 0 bridgehead atoms. The minimum atomic E-state index is -0.238. The van der Waals surface area contributed by atoms with Crippen LogP contribution >= 0.6 is 0 Å². The molecule has 3 aromatic rings. The minimum absolute atomic E-state index is 0.190. The van der Waals surface area contributed by atoms with Gasteiger partial charge in [0.15, 0.2) is 6.04 Å². The second kappa shape index (κ2) is 9.43. The molecule has 1 N–H and O–H groups in total. The van der Waals surface area contributed by atoms with Gasteiger partial charge in [-0.25, -0.2) is 9.07 Å². The van der Waals surface area contributed by atoms with E-state index in [1.165, 1.54) is 17.0 Å². The molecule has 0 spiro atoms. The lowest BCUT2D eigenvalue weighted by atomic mass is 10.0. The Balaban J connectivity index is 1.49. The summed E-state index contributed by atoms with van der Waals surface area (Å²) >= 11 is 0. The third-order valence-corrected chi connectivity index (χ3v) is 6.02. The summed E-state index contributed by atoms with van der Waals surface area (Å²) in [5.41, 5.74) is 2.12. The van der Waals surface area contributed by atoms with E-state index < -0.39 is 0 Å². The van der Waals surface area contributed by atoms with Crippen molar-refractivity contribution in [2.75, 3.05) is 38.2 Å². The third kappa shape index (κ3) is 4.69. The van der Waals surface area contributed by atoms with Gasteiger partial charge < -0.3 is 14.5 Å². The van der Waals surface area contributed by atoms with Crippen molar-refractivity contribution < 1.29 is 14.0 Å². The average Bonchev–Trinajstić information content (AvgIpc) is 3.23. The molecule has 0 saturated carbocycles. The minimum Gasteiger partial charge on any atom is -0.495 e. The van der Waals surface area contributed by atoms with Crippen molar-refractivity contribution in [2.24, 2.45) is 5.92 Å². The topological polar surface area (TPSA) is 60.5 Å². The number of tetrazole rings is 1. The number of aromatic nitrogens is 4. The number of ether oxygens (including phenoxy) is 1. The maximum atomic E-state index is 13.3. The molecule has 2 heterocycles. The molecule has 4 rings (SSSR count). The maximum Gasteiger partial charge on any atom is 0.209 e. The number of rotatable bonds is 7. The molecule has 1 aliphatic rings. The summed E-state index contributed by atoms with van der Waals surface area (Å²) in [6.45, 7) is 8.85. The molecule has 0 radical (unpaired) electrons. The van der Waals surface area contributed by atoms with E-state index in [0.29, 0.717) is 12.5 Å². The summed E-state index contributed by atoms with van der Waals surface area (Å²) in [4.78, 5) is 3.87. The molecule has 1 atom stereocenters. The lowest BCUT2D eigenvalue weighted by molar-refractivity contribution is -0.937. The van der Waals surface area contributed by atoms with Gasteiger partial charge in [-0.2, -0.15) is 0 Å². The molecule has 1 saturated heterocycles. The number of para-hydroxylation sites is 2. The molecular formula is C23H30FN6O+. The molecule has 31 heavy (non-hydrogen) atoms. The number of nitrogens with zero attached hydrogens (tertiary/aromatic N) is 5. The molecule has 0 aliphatic carbocycles. The summed E-state index contributed by atoms with van der Waals surface area (Å²) in [7, 11) is 1.72. The van der Waals surface area contributed by atoms with Crippen LogP contribution in [0.2, 0.25) is 0 Å². The van der Waals surface area contributed by atoms with Gasteiger partial charge in [0.2, 0.25) is 5.82 Å². The van der Waals surface area contributed by atoms with Crippen LogP contribution < -0.4 is 14.5 Å². The zero-order valence-corrected chi connectivity index (χ0v) is 18.3. The van der Waals surface area contributed by atoms with Crippen LogP contribution in [0.3, 0.4) is 0 Å². The molecule has 0 amide bonds. The molecule has 1 aliphatic heterocycles. The number of piperazine rings is 1. The van der Waals surface area contributed by atoms with Gasteiger partial charge in [0, 0.05) is 5.92 Å². The fourth-order valence-electron chi connectivity index (χ4n) is 4.50. The Morgan fingerprint density at radius 1 is 1.06 bits per heavy atom. The highest BCUT2D eigenvalue weighted by Crippen LogP contribution is 2.27. The Morgan fingerprint density at radius 2 is 1.77 bits per heavy atom. The quantitative estimate of drug-likeness (QED) is 0.627. The third-order valence-electron chi connectivity index (χ3n) is 6.02. The van der Waals surface area contributed by atoms with Crippen molar-refractivity contribution >= 4 is 5.69 Å². The largest absolute Gasteiger partial charge is 0.495 e. The fraction of sp³-hybridized carbons (Fsp3) is 0.435. The number of quaternary nitrogens is 1. The Kier molecular flexibility index (Phi) is 6.46. The molecular weight excluding hydrogens is 395 g/mol. The highest BCUT2D eigenvalue weighted by molar-refractivity contribution is 5.58. The van der Waals surface area contributed by atoms with E-state index in [1.54, 1.807) is 19.2 Å². The number of benzene rings is 2. The number of halogens is 1. The fourth-order valence-corrected chi connectivity index (χ4v) is 4.50. The molecule has 0 unspecified atom stereocenters. The van der Waals surface area contributed by atoms with Crippen LogP contribution in [0.15, 0.2) is 48.5 Å². The number of hydrogen-bond acceptors (Lipinski definition) is 5. The lowest BCUT2D eigenvalue weighted by Crippen LogP contribution is -3.15. The van der Waals surface area contributed by atoms with E-state index in [2.05, 4.69) is 46.4 Å². The Bertz CT molecular complexity index is 982. The second-order valence-electron chi connectivity index (χ2n) is 8.36. The monoisotopic (exact) mass is 425 g/mol. The predicted molar refractivity (Wildman–Crippen MR) is 117 cm³/mol. The number of anilines is 1. The first-order valence-corrected chi connectivity index (χ1v) is 10.8. The highest BCUT2D eigenvalue weighted by atomic mass is 19.1.